The molecule has 0 unspecified atom stereocenters. The normalized spacial score (nSPS) is 17.8. The number of piperazine rings is 1. The number of carbonyl (C=O) groups is 1. The molecule has 178 valence electrons. The minimum absolute atomic E-state index is 0.104. The molecule has 2 saturated heterocycles. The van der Waals surface area contributed by atoms with Crippen LogP contribution in [0.15, 0.2) is 59.5 Å². The van der Waals surface area contributed by atoms with Crippen molar-refractivity contribution >= 4 is 16.1 Å². The van der Waals surface area contributed by atoms with Gasteiger partial charge < -0.3 is 14.5 Å². The standard InChI is InChI=1S/C24H32N4O4S/c29-24(28-16-18-32-19-17-28)27-14-12-26(13-15-27)20-22-6-8-23(9-7-22)33(30,31)25-11-10-21-4-2-1-3-5-21/h1-9,25H,10-20H2. The predicted molar refractivity (Wildman–Crippen MR) is 126 cm³/mol. The van der Waals surface area contributed by atoms with Gasteiger partial charge in [0.2, 0.25) is 10.0 Å². The molecule has 2 aromatic rings. The Morgan fingerprint density at radius 3 is 2.12 bits per heavy atom. The molecule has 1 N–H and O–H groups in total. The van der Waals surface area contributed by atoms with Gasteiger partial charge in [0, 0.05) is 52.4 Å². The van der Waals surface area contributed by atoms with Gasteiger partial charge in [0.25, 0.3) is 0 Å². The van der Waals surface area contributed by atoms with Crippen LogP contribution in [0.4, 0.5) is 4.79 Å². The molecule has 4 rings (SSSR count). The number of sulfonamides is 1. The van der Waals surface area contributed by atoms with Crippen LogP contribution in [0, 0.1) is 0 Å². The molecule has 0 radical (unpaired) electrons. The van der Waals surface area contributed by atoms with Crippen LogP contribution in [-0.2, 0) is 27.7 Å². The fourth-order valence-corrected chi connectivity index (χ4v) is 5.17. The van der Waals surface area contributed by atoms with E-state index in [1.54, 1.807) is 12.1 Å². The van der Waals surface area contributed by atoms with Crippen molar-refractivity contribution in [1.29, 1.82) is 0 Å². The van der Waals surface area contributed by atoms with Crippen LogP contribution in [0.25, 0.3) is 0 Å². The highest BCUT2D eigenvalue weighted by Crippen LogP contribution is 2.15. The Bertz CT molecular complexity index is 1000. The van der Waals surface area contributed by atoms with Crippen molar-refractivity contribution in [2.75, 3.05) is 59.0 Å². The van der Waals surface area contributed by atoms with Gasteiger partial charge in [-0.05, 0) is 29.7 Å². The van der Waals surface area contributed by atoms with Crippen LogP contribution in [0.3, 0.4) is 0 Å². The number of hydrogen-bond donors (Lipinski definition) is 1. The van der Waals surface area contributed by atoms with Gasteiger partial charge in [0.05, 0.1) is 18.1 Å². The molecule has 33 heavy (non-hydrogen) atoms. The average Bonchev–Trinajstić information content (AvgIpc) is 2.85. The molecule has 8 nitrogen and oxygen atoms in total. The Morgan fingerprint density at radius 1 is 0.818 bits per heavy atom. The van der Waals surface area contributed by atoms with Crippen LogP contribution < -0.4 is 4.72 Å². The Labute approximate surface area is 196 Å². The van der Waals surface area contributed by atoms with E-state index in [1.165, 1.54) is 0 Å². The van der Waals surface area contributed by atoms with Crippen LogP contribution in [0.1, 0.15) is 11.1 Å². The van der Waals surface area contributed by atoms with Crippen molar-refractivity contribution < 1.29 is 17.9 Å². The molecule has 0 aromatic heterocycles. The fraction of sp³-hybridized carbons (Fsp3) is 0.458. The van der Waals surface area contributed by atoms with E-state index in [1.807, 2.05) is 52.3 Å². The lowest BCUT2D eigenvalue weighted by molar-refractivity contribution is 0.0373. The topological polar surface area (TPSA) is 82.2 Å². The zero-order valence-electron chi connectivity index (χ0n) is 18.9. The molecule has 0 atom stereocenters. The number of nitrogens with zero attached hydrogens (tertiary/aromatic N) is 3. The summed E-state index contributed by atoms with van der Waals surface area (Å²) in [6.45, 7) is 6.66. The van der Waals surface area contributed by atoms with Crippen LogP contribution >= 0.6 is 0 Å². The maximum Gasteiger partial charge on any atom is 0.320 e. The van der Waals surface area contributed by atoms with E-state index in [-0.39, 0.29) is 10.9 Å². The van der Waals surface area contributed by atoms with Gasteiger partial charge in [-0.25, -0.2) is 17.9 Å². The quantitative estimate of drug-likeness (QED) is 0.664. The van der Waals surface area contributed by atoms with E-state index < -0.39 is 10.0 Å². The number of carbonyl (C=O) groups excluding carboxylic acids is 1. The number of nitrogens with one attached hydrogen (secondary N) is 1. The molecular formula is C24H32N4O4S. The van der Waals surface area contributed by atoms with Crippen molar-refractivity contribution in [3.63, 3.8) is 0 Å². The van der Waals surface area contributed by atoms with Gasteiger partial charge in [-0.3, -0.25) is 4.90 Å². The zero-order chi connectivity index (χ0) is 23.1. The molecule has 0 bridgehead atoms. The molecule has 2 fully saturated rings. The Morgan fingerprint density at radius 2 is 1.45 bits per heavy atom. The summed E-state index contributed by atoms with van der Waals surface area (Å²) in [6.07, 6.45) is 0.651. The van der Waals surface area contributed by atoms with E-state index in [4.69, 9.17) is 4.74 Å². The van der Waals surface area contributed by atoms with Crippen LogP contribution in [-0.4, -0.2) is 88.2 Å². The van der Waals surface area contributed by atoms with Gasteiger partial charge in [-0.1, -0.05) is 42.5 Å². The number of urea groups is 1. The Hall–Kier alpha value is -2.46. The predicted octanol–water partition coefficient (Wildman–Crippen LogP) is 1.78. The number of rotatable bonds is 7. The maximum absolute atomic E-state index is 12.6. The van der Waals surface area contributed by atoms with Crippen molar-refractivity contribution in [1.82, 2.24) is 19.4 Å². The molecule has 2 amide bonds. The second-order valence-corrected chi connectivity index (χ2v) is 10.2. The van der Waals surface area contributed by atoms with Crippen molar-refractivity contribution in [2.24, 2.45) is 0 Å². The van der Waals surface area contributed by atoms with Gasteiger partial charge in [0.1, 0.15) is 0 Å². The minimum Gasteiger partial charge on any atom is -0.378 e. The molecular weight excluding hydrogens is 440 g/mol. The number of hydrogen-bond acceptors (Lipinski definition) is 5. The SMILES string of the molecule is O=C(N1CCOCC1)N1CCN(Cc2ccc(S(=O)(=O)NCCc3ccccc3)cc2)CC1. The van der Waals surface area contributed by atoms with Crippen LogP contribution in [0.5, 0.6) is 0 Å². The maximum atomic E-state index is 12.6. The molecule has 2 aromatic carbocycles. The molecule has 0 aliphatic carbocycles. The summed E-state index contributed by atoms with van der Waals surface area (Å²) in [5, 5.41) is 0. The second-order valence-electron chi connectivity index (χ2n) is 8.42. The monoisotopic (exact) mass is 472 g/mol. The van der Waals surface area contributed by atoms with E-state index >= 15 is 0 Å². The number of ether oxygens (including phenoxy) is 1. The van der Waals surface area contributed by atoms with Crippen LogP contribution in [0.2, 0.25) is 0 Å². The third-order valence-corrected chi connectivity index (χ3v) is 7.59. The second kappa shape index (κ2) is 11.1. The van der Waals surface area contributed by atoms with E-state index in [2.05, 4.69) is 9.62 Å². The first-order valence-corrected chi connectivity index (χ1v) is 13.0. The van der Waals surface area contributed by atoms with E-state index in [0.717, 1.165) is 30.8 Å². The zero-order valence-corrected chi connectivity index (χ0v) is 19.7. The van der Waals surface area contributed by atoms with Crippen molar-refractivity contribution in [2.45, 2.75) is 17.9 Å². The minimum atomic E-state index is -3.53. The molecule has 0 saturated carbocycles. The summed E-state index contributed by atoms with van der Waals surface area (Å²) < 4.78 is 33.2. The largest absolute Gasteiger partial charge is 0.378 e. The lowest BCUT2D eigenvalue weighted by atomic mass is 10.2. The molecule has 2 aliphatic rings. The summed E-state index contributed by atoms with van der Waals surface area (Å²) in [4.78, 5) is 19.0. The summed E-state index contributed by atoms with van der Waals surface area (Å²) >= 11 is 0. The highest BCUT2D eigenvalue weighted by Gasteiger charge is 2.26. The number of benzene rings is 2. The van der Waals surface area contributed by atoms with E-state index in [0.29, 0.717) is 52.4 Å². The summed E-state index contributed by atoms with van der Waals surface area (Å²) in [5.74, 6) is 0. The van der Waals surface area contributed by atoms with E-state index in [9.17, 15) is 13.2 Å². The average molecular weight is 473 g/mol. The smallest absolute Gasteiger partial charge is 0.320 e. The lowest BCUT2D eigenvalue weighted by Crippen LogP contribution is -2.54. The first kappa shape index (κ1) is 23.7. The number of amides is 2. The van der Waals surface area contributed by atoms with Gasteiger partial charge in [0.15, 0.2) is 0 Å². The Balaban J connectivity index is 1.23. The first-order valence-electron chi connectivity index (χ1n) is 11.5. The highest BCUT2D eigenvalue weighted by atomic mass is 32.2. The number of morpholine rings is 1. The van der Waals surface area contributed by atoms with Gasteiger partial charge >= 0.3 is 6.03 Å². The lowest BCUT2D eigenvalue weighted by Gasteiger charge is -2.38. The van der Waals surface area contributed by atoms with Crippen molar-refractivity contribution in [3.05, 3.63) is 65.7 Å². The third-order valence-electron chi connectivity index (χ3n) is 6.11. The highest BCUT2D eigenvalue weighted by molar-refractivity contribution is 7.89. The Kier molecular flexibility index (Phi) is 7.97. The summed E-state index contributed by atoms with van der Waals surface area (Å²) in [6, 6.07) is 17.0. The third kappa shape index (κ3) is 6.54. The molecule has 2 aliphatic heterocycles. The van der Waals surface area contributed by atoms with Crippen molar-refractivity contribution in [3.8, 4) is 0 Å². The summed E-state index contributed by atoms with van der Waals surface area (Å²) in [7, 11) is -3.53. The molecule has 9 heteroatoms. The van der Waals surface area contributed by atoms with Gasteiger partial charge in [-0.2, -0.15) is 0 Å². The first-order chi connectivity index (χ1) is 16.0. The molecule has 2 heterocycles. The van der Waals surface area contributed by atoms with Gasteiger partial charge in [-0.15, -0.1) is 0 Å². The molecule has 0 spiro atoms. The summed E-state index contributed by atoms with van der Waals surface area (Å²) in [5.41, 5.74) is 2.16. The fourth-order valence-electron chi connectivity index (χ4n) is 4.14.